The Labute approximate surface area is 153 Å². The van der Waals surface area contributed by atoms with Gasteiger partial charge in [-0.1, -0.05) is 17.7 Å². The lowest BCUT2D eigenvalue weighted by atomic mass is 9.95. The zero-order valence-electron chi connectivity index (χ0n) is 15.5. The van der Waals surface area contributed by atoms with Crippen molar-refractivity contribution in [2.75, 3.05) is 6.54 Å². The number of carboxylic acids is 1. The van der Waals surface area contributed by atoms with Gasteiger partial charge >= 0.3 is 5.97 Å². The number of fused-ring (bicyclic) bond motifs is 1. The van der Waals surface area contributed by atoms with E-state index in [4.69, 9.17) is 5.11 Å². The van der Waals surface area contributed by atoms with Crippen molar-refractivity contribution < 1.29 is 14.7 Å². The number of amides is 1. The second-order valence-electron chi connectivity index (χ2n) is 7.15. The third kappa shape index (κ3) is 3.49. The summed E-state index contributed by atoms with van der Waals surface area (Å²) in [6.07, 6.45) is 3.78. The first kappa shape index (κ1) is 18.2. The zero-order chi connectivity index (χ0) is 18.8. The molecule has 1 aliphatic rings. The van der Waals surface area contributed by atoms with Gasteiger partial charge in [0.25, 0.3) is 5.91 Å². The molecule has 1 aromatic carbocycles. The van der Waals surface area contributed by atoms with Gasteiger partial charge in [-0.15, -0.1) is 0 Å². The van der Waals surface area contributed by atoms with Gasteiger partial charge < -0.3 is 10.0 Å². The largest absolute Gasteiger partial charge is 0.480 e. The predicted octanol–water partition coefficient (Wildman–Crippen LogP) is 2.99. The third-order valence-electron chi connectivity index (χ3n) is 4.85. The van der Waals surface area contributed by atoms with Gasteiger partial charge in [0.2, 0.25) is 0 Å². The number of carbonyl (C=O) groups is 2. The van der Waals surface area contributed by atoms with Crippen LogP contribution in [0.5, 0.6) is 0 Å². The van der Waals surface area contributed by atoms with Gasteiger partial charge in [-0.3, -0.25) is 9.59 Å². The molecule has 6 heteroatoms. The molecule has 0 saturated carbocycles. The van der Waals surface area contributed by atoms with Crippen LogP contribution >= 0.6 is 0 Å². The number of aliphatic carboxylic acids is 1. The minimum atomic E-state index is -1.01. The molecule has 1 N–H and O–H groups in total. The Bertz CT molecular complexity index is 822. The van der Waals surface area contributed by atoms with Gasteiger partial charge in [0.15, 0.2) is 5.69 Å². The van der Waals surface area contributed by atoms with Crippen molar-refractivity contribution in [3.63, 3.8) is 0 Å². The molecule has 0 fully saturated rings. The maximum atomic E-state index is 13.1. The Morgan fingerprint density at radius 1 is 1.19 bits per heavy atom. The van der Waals surface area contributed by atoms with Crippen LogP contribution in [0.25, 0.3) is 5.69 Å². The maximum Gasteiger partial charge on any atom is 0.323 e. The quantitative estimate of drug-likeness (QED) is 0.895. The molecule has 26 heavy (non-hydrogen) atoms. The van der Waals surface area contributed by atoms with Crippen molar-refractivity contribution in [2.24, 2.45) is 0 Å². The highest BCUT2D eigenvalue weighted by molar-refractivity contribution is 5.96. The van der Waals surface area contributed by atoms with Crippen molar-refractivity contribution >= 4 is 11.9 Å². The summed E-state index contributed by atoms with van der Waals surface area (Å²) in [4.78, 5) is 25.6. The van der Waals surface area contributed by atoms with Crippen molar-refractivity contribution in [1.29, 1.82) is 0 Å². The zero-order valence-corrected chi connectivity index (χ0v) is 15.5. The highest BCUT2D eigenvalue weighted by Crippen LogP contribution is 2.28. The Morgan fingerprint density at radius 3 is 2.46 bits per heavy atom. The minimum absolute atomic E-state index is 0.206. The standard InChI is InChI=1S/C20H25N3O3/c1-13(2)22(12-18(24)25)20(26)19-16-6-4-5-7-17(16)23(21-19)15-10-8-14(3)9-11-15/h8-11,13H,4-7,12H2,1-3H3,(H,24,25). The first-order chi connectivity index (χ1) is 12.4. The van der Waals surface area contributed by atoms with Crippen LogP contribution in [0.1, 0.15) is 54.0 Å². The Balaban J connectivity index is 2.06. The van der Waals surface area contributed by atoms with Crippen LogP contribution in [-0.2, 0) is 17.6 Å². The van der Waals surface area contributed by atoms with Gasteiger partial charge in [-0.2, -0.15) is 5.10 Å². The predicted molar refractivity (Wildman–Crippen MR) is 98.8 cm³/mol. The molecule has 1 amide bonds. The molecule has 0 saturated heterocycles. The van der Waals surface area contributed by atoms with Crippen LogP contribution in [0.15, 0.2) is 24.3 Å². The molecule has 1 heterocycles. The molecule has 1 aromatic heterocycles. The van der Waals surface area contributed by atoms with E-state index >= 15 is 0 Å². The van der Waals surface area contributed by atoms with Crippen LogP contribution in [-0.4, -0.2) is 44.3 Å². The van der Waals surface area contributed by atoms with Crippen molar-refractivity contribution in [2.45, 2.75) is 52.5 Å². The number of rotatable bonds is 5. The first-order valence-corrected chi connectivity index (χ1v) is 9.09. The maximum absolute atomic E-state index is 13.1. The van der Waals surface area contributed by atoms with Gasteiger partial charge in [-0.05, 0) is 58.6 Å². The van der Waals surface area contributed by atoms with Crippen molar-refractivity contribution in [3.8, 4) is 5.69 Å². The second kappa shape index (κ2) is 7.32. The monoisotopic (exact) mass is 355 g/mol. The lowest BCUT2D eigenvalue weighted by molar-refractivity contribution is -0.138. The average Bonchev–Trinajstić information content (AvgIpc) is 2.99. The van der Waals surface area contributed by atoms with Crippen molar-refractivity contribution in [1.82, 2.24) is 14.7 Å². The summed E-state index contributed by atoms with van der Waals surface area (Å²) in [7, 11) is 0. The topological polar surface area (TPSA) is 75.4 Å². The number of nitrogens with zero attached hydrogens (tertiary/aromatic N) is 3. The van der Waals surface area contributed by atoms with E-state index in [1.807, 2.05) is 49.7 Å². The van der Waals surface area contributed by atoms with Gasteiger partial charge in [-0.25, -0.2) is 4.68 Å². The number of carboxylic acid groups (broad SMARTS) is 1. The summed E-state index contributed by atoms with van der Waals surface area (Å²) in [5.41, 5.74) is 4.54. The van der Waals surface area contributed by atoms with E-state index < -0.39 is 5.97 Å². The van der Waals surface area contributed by atoms with E-state index in [-0.39, 0.29) is 18.5 Å². The molecule has 0 spiro atoms. The van der Waals surface area contributed by atoms with Gasteiger partial charge in [0.1, 0.15) is 6.54 Å². The minimum Gasteiger partial charge on any atom is -0.480 e. The molecular weight excluding hydrogens is 330 g/mol. The highest BCUT2D eigenvalue weighted by Gasteiger charge is 2.30. The SMILES string of the molecule is Cc1ccc(-n2nc(C(=O)N(CC(=O)O)C(C)C)c3c2CCCC3)cc1. The molecule has 2 aromatic rings. The van der Waals surface area contributed by atoms with E-state index in [1.54, 1.807) is 0 Å². The molecule has 0 bridgehead atoms. The smallest absolute Gasteiger partial charge is 0.323 e. The molecule has 0 atom stereocenters. The van der Waals surface area contributed by atoms with Crippen LogP contribution in [0.2, 0.25) is 0 Å². The Morgan fingerprint density at radius 2 is 1.85 bits per heavy atom. The molecule has 0 aliphatic heterocycles. The fraction of sp³-hybridized carbons (Fsp3) is 0.450. The summed E-state index contributed by atoms with van der Waals surface area (Å²) in [6, 6.07) is 7.85. The van der Waals surface area contributed by atoms with E-state index in [9.17, 15) is 9.59 Å². The number of aromatic nitrogens is 2. The highest BCUT2D eigenvalue weighted by atomic mass is 16.4. The van der Waals surface area contributed by atoms with Crippen LogP contribution in [0, 0.1) is 6.92 Å². The summed E-state index contributed by atoms with van der Waals surface area (Å²) in [6.45, 7) is 5.36. The number of carbonyl (C=O) groups excluding carboxylic acids is 1. The van der Waals surface area contributed by atoms with E-state index in [1.165, 1.54) is 10.5 Å². The summed E-state index contributed by atoms with van der Waals surface area (Å²) >= 11 is 0. The average molecular weight is 355 g/mol. The Kier molecular flexibility index (Phi) is 5.11. The normalized spacial score (nSPS) is 13.5. The fourth-order valence-corrected chi connectivity index (χ4v) is 3.44. The molecule has 0 radical (unpaired) electrons. The number of benzene rings is 1. The molecule has 3 rings (SSSR count). The third-order valence-corrected chi connectivity index (χ3v) is 4.85. The second-order valence-corrected chi connectivity index (χ2v) is 7.15. The summed E-state index contributed by atoms with van der Waals surface area (Å²) in [5, 5.41) is 13.8. The molecule has 138 valence electrons. The Hall–Kier alpha value is -2.63. The van der Waals surface area contributed by atoms with Gasteiger partial charge in [0, 0.05) is 17.3 Å². The molecule has 0 unspecified atom stereocenters. The fourth-order valence-electron chi connectivity index (χ4n) is 3.44. The van der Waals surface area contributed by atoms with Crippen LogP contribution < -0.4 is 0 Å². The lowest BCUT2D eigenvalue weighted by Crippen LogP contribution is -2.41. The van der Waals surface area contributed by atoms with E-state index in [2.05, 4.69) is 5.10 Å². The first-order valence-electron chi connectivity index (χ1n) is 9.09. The summed E-state index contributed by atoms with van der Waals surface area (Å²) in [5.74, 6) is -1.31. The molecular formula is C20H25N3O3. The van der Waals surface area contributed by atoms with Crippen molar-refractivity contribution in [3.05, 3.63) is 46.8 Å². The number of aryl methyl sites for hydroxylation is 1. The molecule has 6 nitrogen and oxygen atoms in total. The molecule has 1 aliphatic carbocycles. The van der Waals surface area contributed by atoms with Crippen LogP contribution in [0.3, 0.4) is 0 Å². The van der Waals surface area contributed by atoms with E-state index in [0.717, 1.165) is 42.6 Å². The lowest BCUT2D eigenvalue weighted by Gasteiger charge is -2.24. The van der Waals surface area contributed by atoms with E-state index in [0.29, 0.717) is 5.69 Å². The summed E-state index contributed by atoms with van der Waals surface area (Å²) < 4.78 is 1.86. The van der Waals surface area contributed by atoms with Gasteiger partial charge in [0.05, 0.1) is 5.69 Å². The number of hydrogen-bond acceptors (Lipinski definition) is 3. The number of hydrogen-bond donors (Lipinski definition) is 1. The van der Waals surface area contributed by atoms with Crippen LogP contribution in [0.4, 0.5) is 0 Å².